The number of nitrogens with zero attached hydrogens (tertiary/aromatic N) is 4. The van der Waals surface area contributed by atoms with E-state index < -0.39 is 0 Å². The summed E-state index contributed by atoms with van der Waals surface area (Å²) in [6.07, 6.45) is 3.74. The molecule has 0 bridgehead atoms. The lowest BCUT2D eigenvalue weighted by Crippen LogP contribution is -2.43. The van der Waals surface area contributed by atoms with Gasteiger partial charge in [0.05, 0.1) is 31.6 Å². The zero-order valence-electron chi connectivity index (χ0n) is 18.7. The Morgan fingerprint density at radius 3 is 2.40 bits per heavy atom. The highest BCUT2D eigenvalue weighted by atomic mass is 35.5. The van der Waals surface area contributed by atoms with Crippen molar-refractivity contribution < 1.29 is 14.3 Å². The van der Waals surface area contributed by atoms with E-state index in [-0.39, 0.29) is 11.9 Å². The summed E-state index contributed by atoms with van der Waals surface area (Å²) in [4.78, 5) is 21.8. The van der Waals surface area contributed by atoms with Crippen LogP contribution >= 0.6 is 11.6 Å². The van der Waals surface area contributed by atoms with Crippen molar-refractivity contribution in [1.29, 1.82) is 0 Å². The number of hydrogen-bond acceptors (Lipinski definition) is 5. The average Bonchev–Trinajstić information content (AvgIpc) is 3.14. The SMILES string of the molecule is CCCC(CC)n1c(CC)nc2c1C(=O)N(C)CN2c1cc(OC)c(OC)cc1Cl. The van der Waals surface area contributed by atoms with Gasteiger partial charge >= 0.3 is 0 Å². The van der Waals surface area contributed by atoms with Gasteiger partial charge in [0, 0.05) is 31.6 Å². The molecule has 0 saturated heterocycles. The number of fused-ring (bicyclic) bond motifs is 1. The Hall–Kier alpha value is -2.41. The van der Waals surface area contributed by atoms with Gasteiger partial charge in [-0.1, -0.05) is 38.8 Å². The zero-order chi connectivity index (χ0) is 22.0. The summed E-state index contributed by atoms with van der Waals surface area (Å²) in [5, 5.41) is 0.509. The largest absolute Gasteiger partial charge is 0.493 e. The molecule has 0 aliphatic carbocycles. The Bertz CT molecular complexity index is 928. The fraction of sp³-hybridized carbons (Fsp3) is 0.545. The molecule has 7 nitrogen and oxygen atoms in total. The minimum Gasteiger partial charge on any atom is -0.493 e. The number of amides is 1. The molecule has 1 atom stereocenters. The first-order chi connectivity index (χ1) is 14.4. The van der Waals surface area contributed by atoms with E-state index in [1.165, 1.54) is 0 Å². The Morgan fingerprint density at radius 1 is 1.17 bits per heavy atom. The maximum atomic E-state index is 13.2. The molecule has 2 heterocycles. The minimum absolute atomic E-state index is 0.0143. The third-order valence-electron chi connectivity index (χ3n) is 5.64. The fourth-order valence-electron chi connectivity index (χ4n) is 4.11. The molecule has 2 aromatic rings. The number of carbonyl (C=O) groups excluding carboxylic acids is 1. The predicted octanol–water partition coefficient (Wildman–Crippen LogP) is 5.05. The standard InChI is InChI=1S/C22H31ClN4O3/c1-7-10-14(8-2)27-19(9-3)24-21-20(27)22(28)25(4)13-26(21)16-12-18(30-6)17(29-5)11-15(16)23/h11-12,14H,7-10,13H2,1-6H3. The average molecular weight is 435 g/mol. The maximum Gasteiger partial charge on any atom is 0.275 e. The molecule has 0 fully saturated rings. The molecular formula is C22H31ClN4O3. The van der Waals surface area contributed by atoms with Gasteiger partial charge in [0.2, 0.25) is 0 Å². The fourth-order valence-corrected chi connectivity index (χ4v) is 4.36. The lowest BCUT2D eigenvalue weighted by atomic mass is 10.1. The summed E-state index contributed by atoms with van der Waals surface area (Å²) >= 11 is 6.63. The molecule has 1 aliphatic rings. The maximum absolute atomic E-state index is 13.2. The number of hydrogen-bond donors (Lipinski definition) is 0. The first-order valence-corrected chi connectivity index (χ1v) is 10.8. The first-order valence-electron chi connectivity index (χ1n) is 10.5. The second-order valence-corrected chi connectivity index (χ2v) is 7.91. The number of rotatable bonds is 8. The Morgan fingerprint density at radius 2 is 1.83 bits per heavy atom. The van der Waals surface area contributed by atoms with Gasteiger partial charge < -0.3 is 23.8 Å². The molecule has 1 aromatic carbocycles. The third-order valence-corrected chi connectivity index (χ3v) is 5.95. The van der Waals surface area contributed by atoms with E-state index in [9.17, 15) is 4.79 Å². The molecule has 1 aliphatic heterocycles. The van der Waals surface area contributed by atoms with E-state index in [0.29, 0.717) is 34.7 Å². The highest BCUT2D eigenvalue weighted by molar-refractivity contribution is 6.33. The van der Waals surface area contributed by atoms with Crippen LogP contribution in [-0.4, -0.2) is 48.3 Å². The molecule has 0 radical (unpaired) electrons. The number of aromatic nitrogens is 2. The minimum atomic E-state index is -0.0143. The Kier molecular flexibility index (Phi) is 6.81. The zero-order valence-corrected chi connectivity index (χ0v) is 19.4. The first kappa shape index (κ1) is 22.3. The van der Waals surface area contributed by atoms with Gasteiger partial charge in [-0.15, -0.1) is 0 Å². The van der Waals surface area contributed by atoms with Gasteiger partial charge in [-0.2, -0.15) is 0 Å². The highest BCUT2D eigenvalue weighted by Crippen LogP contribution is 2.43. The lowest BCUT2D eigenvalue weighted by Gasteiger charge is -2.35. The molecule has 8 heteroatoms. The predicted molar refractivity (Wildman–Crippen MR) is 119 cm³/mol. The summed E-state index contributed by atoms with van der Waals surface area (Å²) in [6, 6.07) is 3.80. The smallest absolute Gasteiger partial charge is 0.275 e. The number of imidazole rings is 1. The van der Waals surface area contributed by atoms with E-state index in [1.54, 1.807) is 32.2 Å². The van der Waals surface area contributed by atoms with Crippen LogP contribution in [0.2, 0.25) is 5.02 Å². The Balaban J connectivity index is 2.22. The summed E-state index contributed by atoms with van der Waals surface area (Å²) in [5.74, 6) is 2.69. The van der Waals surface area contributed by atoms with E-state index in [1.807, 2.05) is 11.0 Å². The number of benzene rings is 1. The van der Waals surface area contributed by atoms with Crippen LogP contribution in [0.15, 0.2) is 12.1 Å². The topological polar surface area (TPSA) is 59.8 Å². The van der Waals surface area contributed by atoms with Gasteiger partial charge in [0.25, 0.3) is 5.91 Å². The van der Waals surface area contributed by atoms with E-state index in [4.69, 9.17) is 26.1 Å². The van der Waals surface area contributed by atoms with Crippen LogP contribution in [0.5, 0.6) is 11.5 Å². The number of halogens is 1. The molecular weight excluding hydrogens is 404 g/mol. The van der Waals surface area contributed by atoms with Crippen LogP contribution in [0, 0.1) is 0 Å². The van der Waals surface area contributed by atoms with Gasteiger partial charge in [-0.25, -0.2) is 4.98 Å². The van der Waals surface area contributed by atoms with Crippen molar-refractivity contribution in [2.24, 2.45) is 0 Å². The lowest BCUT2D eigenvalue weighted by molar-refractivity contribution is 0.0772. The van der Waals surface area contributed by atoms with Crippen molar-refractivity contribution in [2.75, 3.05) is 32.8 Å². The number of aryl methyl sites for hydroxylation is 1. The van der Waals surface area contributed by atoms with E-state index >= 15 is 0 Å². The van der Waals surface area contributed by atoms with Gasteiger partial charge in [-0.3, -0.25) is 4.79 Å². The van der Waals surface area contributed by atoms with Crippen molar-refractivity contribution in [3.63, 3.8) is 0 Å². The van der Waals surface area contributed by atoms with E-state index in [2.05, 4.69) is 25.3 Å². The molecule has 1 unspecified atom stereocenters. The van der Waals surface area contributed by atoms with Crippen molar-refractivity contribution in [3.05, 3.63) is 28.7 Å². The van der Waals surface area contributed by atoms with Crippen LogP contribution < -0.4 is 14.4 Å². The number of ether oxygens (including phenoxy) is 2. The van der Waals surface area contributed by atoms with Gasteiger partial charge in [-0.05, 0) is 12.8 Å². The molecule has 0 N–H and O–H groups in total. The second kappa shape index (κ2) is 9.16. The molecule has 3 rings (SSSR count). The highest BCUT2D eigenvalue weighted by Gasteiger charge is 2.37. The Labute approximate surface area is 183 Å². The van der Waals surface area contributed by atoms with E-state index in [0.717, 1.165) is 37.2 Å². The summed E-state index contributed by atoms with van der Waals surface area (Å²) in [6.45, 7) is 6.75. The summed E-state index contributed by atoms with van der Waals surface area (Å²) in [7, 11) is 4.97. The number of anilines is 2. The van der Waals surface area contributed by atoms with Crippen molar-refractivity contribution in [2.45, 2.75) is 52.5 Å². The third kappa shape index (κ3) is 3.71. The van der Waals surface area contributed by atoms with Crippen LogP contribution in [0.25, 0.3) is 0 Å². The van der Waals surface area contributed by atoms with Crippen molar-refractivity contribution in [3.8, 4) is 11.5 Å². The molecule has 0 saturated carbocycles. The van der Waals surface area contributed by atoms with Crippen LogP contribution in [0.3, 0.4) is 0 Å². The number of carbonyl (C=O) groups is 1. The second-order valence-electron chi connectivity index (χ2n) is 7.51. The van der Waals surface area contributed by atoms with Crippen LogP contribution in [0.1, 0.15) is 62.4 Å². The molecule has 0 spiro atoms. The van der Waals surface area contributed by atoms with Crippen molar-refractivity contribution >= 4 is 29.0 Å². The quantitative estimate of drug-likeness (QED) is 0.581. The summed E-state index contributed by atoms with van der Waals surface area (Å²) in [5.41, 5.74) is 1.36. The number of methoxy groups -OCH3 is 2. The molecule has 1 amide bonds. The van der Waals surface area contributed by atoms with Gasteiger partial charge in [0.1, 0.15) is 5.82 Å². The molecule has 30 heavy (non-hydrogen) atoms. The monoisotopic (exact) mass is 434 g/mol. The van der Waals surface area contributed by atoms with Crippen LogP contribution in [0.4, 0.5) is 11.5 Å². The molecule has 164 valence electrons. The van der Waals surface area contributed by atoms with Gasteiger partial charge in [0.15, 0.2) is 23.0 Å². The normalized spacial score (nSPS) is 14.7. The van der Waals surface area contributed by atoms with Crippen molar-refractivity contribution in [1.82, 2.24) is 14.5 Å². The molecule has 1 aromatic heterocycles. The summed E-state index contributed by atoms with van der Waals surface area (Å²) < 4.78 is 13.0. The van der Waals surface area contributed by atoms with Crippen LogP contribution in [-0.2, 0) is 6.42 Å².